The minimum absolute atomic E-state index is 0.0402. The van der Waals surface area contributed by atoms with Crippen LogP contribution in [-0.4, -0.2) is 24.1 Å². The monoisotopic (exact) mass is 404 g/mol. The minimum Gasteiger partial charge on any atom is -0.309 e. The lowest BCUT2D eigenvalue weighted by Crippen LogP contribution is -2.50. The number of aryl methyl sites for hydroxylation is 1. The number of hydrogen-bond acceptors (Lipinski definition) is 3. The van der Waals surface area contributed by atoms with Crippen molar-refractivity contribution in [2.24, 2.45) is 0 Å². The maximum absolute atomic E-state index is 13.5. The van der Waals surface area contributed by atoms with Crippen LogP contribution in [0.15, 0.2) is 36.4 Å². The number of benzene rings is 2. The van der Waals surface area contributed by atoms with Crippen LogP contribution in [0, 0.1) is 0 Å². The predicted molar refractivity (Wildman–Crippen MR) is 105 cm³/mol. The number of carbonyl (C=O) groups excluding carboxylic acids is 2. The zero-order valence-corrected chi connectivity index (χ0v) is 16.0. The molecule has 1 spiro atoms. The zero-order chi connectivity index (χ0) is 18.1. The van der Waals surface area contributed by atoms with E-state index in [-0.39, 0.29) is 17.6 Å². The largest absolute Gasteiger partial charge is 0.309 e. The van der Waals surface area contributed by atoms with E-state index < -0.39 is 4.87 Å². The first-order valence-corrected chi connectivity index (χ1v) is 10.1. The van der Waals surface area contributed by atoms with Gasteiger partial charge in [0, 0.05) is 17.8 Å². The summed E-state index contributed by atoms with van der Waals surface area (Å²) in [5.74, 6) is 0.115. The molecule has 3 aliphatic heterocycles. The van der Waals surface area contributed by atoms with Gasteiger partial charge in [-0.2, -0.15) is 0 Å². The Morgan fingerprint density at radius 1 is 1.08 bits per heavy atom. The van der Waals surface area contributed by atoms with Gasteiger partial charge >= 0.3 is 0 Å². The number of halogens is 2. The van der Waals surface area contributed by atoms with Crippen molar-refractivity contribution >= 4 is 58.2 Å². The van der Waals surface area contributed by atoms with Crippen LogP contribution < -0.4 is 9.80 Å². The molecule has 0 bridgehead atoms. The summed E-state index contributed by atoms with van der Waals surface area (Å²) < 4.78 is 0. The van der Waals surface area contributed by atoms with Crippen molar-refractivity contribution < 1.29 is 9.59 Å². The molecule has 2 aromatic rings. The van der Waals surface area contributed by atoms with Crippen molar-refractivity contribution in [3.05, 3.63) is 57.6 Å². The standard InChI is InChI=1S/C19H14Cl2N2O2S/c20-14-7-6-12(9-15(14)21)23-16(24)10-26-19(23)13-5-1-3-11-4-2-8-22(17(11)13)18(19)25/h1,3,5-7,9H,2,4,8,10H2/t19-/m1/s1. The molecule has 0 N–H and O–H groups in total. The fraction of sp³-hybridized carbons (Fsp3) is 0.263. The Kier molecular flexibility index (Phi) is 3.58. The van der Waals surface area contributed by atoms with Gasteiger partial charge in [-0.25, -0.2) is 0 Å². The molecule has 2 aromatic carbocycles. The van der Waals surface area contributed by atoms with Gasteiger partial charge in [-0.1, -0.05) is 41.4 Å². The van der Waals surface area contributed by atoms with Gasteiger partial charge in [0.25, 0.3) is 5.91 Å². The van der Waals surface area contributed by atoms with Gasteiger partial charge in [0.1, 0.15) is 0 Å². The SMILES string of the molecule is O=C1CS[C@]2(C(=O)N3CCCc4cccc2c43)N1c1ccc(Cl)c(Cl)c1. The molecule has 0 aliphatic carbocycles. The molecule has 132 valence electrons. The maximum atomic E-state index is 13.5. The molecule has 0 aromatic heterocycles. The molecular formula is C19H14Cl2N2O2S. The molecule has 1 atom stereocenters. The van der Waals surface area contributed by atoms with Gasteiger partial charge in [0.05, 0.1) is 21.5 Å². The molecule has 2 amide bonds. The highest BCUT2D eigenvalue weighted by Crippen LogP contribution is 2.57. The molecule has 0 saturated carbocycles. The summed E-state index contributed by atoms with van der Waals surface area (Å²) in [5, 5.41) is 0.786. The molecule has 3 heterocycles. The summed E-state index contributed by atoms with van der Waals surface area (Å²) in [6.45, 7) is 0.689. The Bertz CT molecular complexity index is 980. The van der Waals surface area contributed by atoms with Gasteiger partial charge in [0.2, 0.25) is 10.8 Å². The quantitative estimate of drug-likeness (QED) is 0.714. The Hall–Kier alpha value is -1.69. The van der Waals surface area contributed by atoms with Crippen LogP contribution in [0.1, 0.15) is 17.5 Å². The fourth-order valence-corrected chi connectivity index (χ4v) is 5.85. The summed E-state index contributed by atoms with van der Waals surface area (Å²) >= 11 is 13.6. The second-order valence-electron chi connectivity index (χ2n) is 6.63. The van der Waals surface area contributed by atoms with Crippen LogP contribution >= 0.6 is 35.0 Å². The molecule has 26 heavy (non-hydrogen) atoms. The smallest absolute Gasteiger partial charge is 0.268 e. The minimum atomic E-state index is -1.05. The molecule has 1 fully saturated rings. The third-order valence-electron chi connectivity index (χ3n) is 5.25. The van der Waals surface area contributed by atoms with Gasteiger partial charge in [-0.3, -0.25) is 14.5 Å². The highest BCUT2D eigenvalue weighted by molar-refractivity contribution is 8.02. The number of thioether (sulfide) groups is 1. The van der Waals surface area contributed by atoms with E-state index in [1.54, 1.807) is 23.1 Å². The number of hydrogen-bond donors (Lipinski definition) is 0. The Morgan fingerprint density at radius 2 is 1.92 bits per heavy atom. The summed E-state index contributed by atoms with van der Waals surface area (Å²) in [4.78, 5) is 28.8. The van der Waals surface area contributed by atoms with E-state index in [0.29, 0.717) is 22.3 Å². The molecule has 0 radical (unpaired) electrons. The lowest BCUT2D eigenvalue weighted by atomic mass is 9.98. The molecule has 3 aliphatic rings. The zero-order valence-electron chi connectivity index (χ0n) is 13.7. The average Bonchev–Trinajstić information content (AvgIpc) is 3.11. The van der Waals surface area contributed by atoms with Crippen molar-refractivity contribution in [1.29, 1.82) is 0 Å². The topological polar surface area (TPSA) is 40.6 Å². The van der Waals surface area contributed by atoms with E-state index >= 15 is 0 Å². The Labute approximate surface area is 165 Å². The van der Waals surface area contributed by atoms with Crippen molar-refractivity contribution in [2.45, 2.75) is 17.7 Å². The number of nitrogens with zero attached hydrogens (tertiary/aromatic N) is 2. The first-order chi connectivity index (χ1) is 12.5. The molecule has 0 unspecified atom stereocenters. The van der Waals surface area contributed by atoms with Gasteiger partial charge < -0.3 is 4.90 Å². The number of amides is 2. The molecule has 1 saturated heterocycles. The normalized spacial score (nSPS) is 23.9. The number of carbonyl (C=O) groups is 2. The van der Waals surface area contributed by atoms with Gasteiger partial charge in [-0.15, -0.1) is 11.8 Å². The molecular weight excluding hydrogens is 391 g/mol. The second-order valence-corrected chi connectivity index (χ2v) is 8.62. The van der Waals surface area contributed by atoms with Crippen molar-refractivity contribution in [3.63, 3.8) is 0 Å². The Balaban J connectivity index is 1.75. The van der Waals surface area contributed by atoms with Crippen LogP contribution in [0.4, 0.5) is 11.4 Å². The summed E-state index contributed by atoms with van der Waals surface area (Å²) in [6, 6.07) is 11.1. The lowest BCUT2D eigenvalue weighted by Gasteiger charge is -2.33. The van der Waals surface area contributed by atoms with E-state index in [1.807, 2.05) is 17.0 Å². The third-order valence-corrected chi connectivity index (χ3v) is 7.37. The van der Waals surface area contributed by atoms with E-state index in [9.17, 15) is 9.59 Å². The van der Waals surface area contributed by atoms with Crippen molar-refractivity contribution in [1.82, 2.24) is 0 Å². The van der Waals surface area contributed by atoms with E-state index in [0.717, 1.165) is 24.1 Å². The van der Waals surface area contributed by atoms with E-state index in [4.69, 9.17) is 23.2 Å². The van der Waals surface area contributed by atoms with Crippen molar-refractivity contribution in [2.75, 3.05) is 22.1 Å². The van der Waals surface area contributed by atoms with Crippen molar-refractivity contribution in [3.8, 4) is 0 Å². The van der Waals surface area contributed by atoms with Crippen LogP contribution in [0.2, 0.25) is 10.0 Å². The van der Waals surface area contributed by atoms with E-state index in [1.165, 1.54) is 17.3 Å². The Morgan fingerprint density at radius 3 is 2.73 bits per heavy atom. The van der Waals surface area contributed by atoms with Crippen LogP contribution in [-0.2, 0) is 20.9 Å². The van der Waals surface area contributed by atoms with Crippen LogP contribution in [0.25, 0.3) is 0 Å². The molecule has 7 heteroatoms. The second kappa shape index (κ2) is 5.65. The summed E-state index contributed by atoms with van der Waals surface area (Å²) in [6.07, 6.45) is 1.89. The highest BCUT2D eigenvalue weighted by atomic mass is 35.5. The van der Waals surface area contributed by atoms with E-state index in [2.05, 4.69) is 6.07 Å². The first-order valence-electron chi connectivity index (χ1n) is 8.40. The maximum Gasteiger partial charge on any atom is 0.268 e. The predicted octanol–water partition coefficient (Wildman–Crippen LogP) is 4.22. The van der Waals surface area contributed by atoms with Gasteiger partial charge in [0.15, 0.2) is 0 Å². The fourth-order valence-electron chi connectivity index (χ4n) is 4.20. The first kappa shape index (κ1) is 16.5. The summed E-state index contributed by atoms with van der Waals surface area (Å²) in [7, 11) is 0. The number of anilines is 2. The van der Waals surface area contributed by atoms with Crippen LogP contribution in [0.5, 0.6) is 0 Å². The number of rotatable bonds is 1. The van der Waals surface area contributed by atoms with Crippen LogP contribution in [0.3, 0.4) is 0 Å². The average molecular weight is 405 g/mol. The lowest BCUT2D eigenvalue weighted by molar-refractivity contribution is -0.123. The third kappa shape index (κ3) is 1.99. The highest BCUT2D eigenvalue weighted by Gasteiger charge is 2.61. The summed E-state index contributed by atoms with van der Waals surface area (Å²) in [5.41, 5.74) is 3.66. The number of fused-ring (bicyclic) bond motifs is 1. The number of para-hydroxylation sites is 1. The molecule has 4 nitrogen and oxygen atoms in total. The molecule has 5 rings (SSSR count). The van der Waals surface area contributed by atoms with Gasteiger partial charge in [-0.05, 0) is 36.6 Å².